The van der Waals surface area contributed by atoms with Crippen molar-refractivity contribution < 1.29 is 26.8 Å². The number of sulfonamides is 1. The highest BCUT2D eigenvalue weighted by atomic mass is 32.2. The number of rotatable bonds is 12. The molecule has 1 atom stereocenters. The Morgan fingerprint density at radius 1 is 0.810 bits per heavy atom. The molecule has 4 rings (SSSR count). The predicted molar refractivity (Wildman–Crippen MR) is 157 cm³/mol. The van der Waals surface area contributed by atoms with Gasteiger partial charge >= 0.3 is 0 Å². The van der Waals surface area contributed by atoms with Crippen LogP contribution >= 0.6 is 0 Å². The SMILES string of the molecule is CCNC(=O)C(Cc1ccccc1)N(Cc1ccccc1F)C(=O)CN(c1ccc(F)cc1)S(=O)(=O)c1ccccc1. The van der Waals surface area contributed by atoms with E-state index in [2.05, 4.69) is 5.32 Å². The fourth-order valence-electron chi connectivity index (χ4n) is 4.51. The molecule has 4 aromatic carbocycles. The number of carbonyl (C=O) groups is 2. The van der Waals surface area contributed by atoms with Crippen molar-refractivity contribution >= 4 is 27.5 Å². The second-order valence-electron chi connectivity index (χ2n) is 9.51. The minimum Gasteiger partial charge on any atom is -0.355 e. The topological polar surface area (TPSA) is 86.8 Å². The lowest BCUT2D eigenvalue weighted by Crippen LogP contribution is -2.53. The summed E-state index contributed by atoms with van der Waals surface area (Å²) in [6, 6.07) is 26.1. The first-order valence-electron chi connectivity index (χ1n) is 13.4. The van der Waals surface area contributed by atoms with Crippen molar-refractivity contribution in [1.29, 1.82) is 0 Å². The van der Waals surface area contributed by atoms with E-state index in [0.29, 0.717) is 0 Å². The van der Waals surface area contributed by atoms with Gasteiger partial charge in [-0.25, -0.2) is 17.2 Å². The van der Waals surface area contributed by atoms with Gasteiger partial charge in [-0.3, -0.25) is 13.9 Å². The van der Waals surface area contributed by atoms with Crippen LogP contribution in [0.2, 0.25) is 0 Å². The molecule has 10 heteroatoms. The molecule has 0 spiro atoms. The smallest absolute Gasteiger partial charge is 0.264 e. The Labute approximate surface area is 244 Å². The number of likely N-dealkylation sites (N-methyl/N-ethyl adjacent to an activating group) is 1. The Bertz CT molecular complexity index is 1600. The number of benzene rings is 4. The average Bonchev–Trinajstić information content (AvgIpc) is 3.00. The van der Waals surface area contributed by atoms with Crippen molar-refractivity contribution in [2.24, 2.45) is 0 Å². The molecule has 0 fully saturated rings. The largest absolute Gasteiger partial charge is 0.355 e. The van der Waals surface area contributed by atoms with Gasteiger partial charge in [-0.2, -0.15) is 0 Å². The van der Waals surface area contributed by atoms with Crippen LogP contribution in [0.3, 0.4) is 0 Å². The van der Waals surface area contributed by atoms with E-state index in [1.807, 2.05) is 18.2 Å². The van der Waals surface area contributed by atoms with Crippen LogP contribution in [0, 0.1) is 11.6 Å². The summed E-state index contributed by atoms with van der Waals surface area (Å²) in [4.78, 5) is 28.7. The Kier molecular flexibility index (Phi) is 10.0. The zero-order valence-electron chi connectivity index (χ0n) is 23.0. The number of nitrogens with one attached hydrogen (secondary N) is 1. The molecule has 0 aromatic heterocycles. The number of hydrogen-bond acceptors (Lipinski definition) is 4. The van der Waals surface area contributed by atoms with Gasteiger partial charge in [0.2, 0.25) is 11.8 Å². The average molecular weight is 592 g/mol. The molecular formula is C32H31F2N3O4S. The van der Waals surface area contributed by atoms with Crippen molar-refractivity contribution in [1.82, 2.24) is 10.2 Å². The summed E-state index contributed by atoms with van der Waals surface area (Å²) in [6.07, 6.45) is 0.106. The van der Waals surface area contributed by atoms with E-state index < -0.39 is 46.1 Å². The number of amides is 2. The molecule has 0 saturated carbocycles. The Hall–Kier alpha value is -4.57. The lowest BCUT2D eigenvalue weighted by Gasteiger charge is -2.33. The number of nitrogens with zero attached hydrogens (tertiary/aromatic N) is 2. The van der Waals surface area contributed by atoms with E-state index in [0.717, 1.165) is 22.0 Å². The second kappa shape index (κ2) is 13.9. The van der Waals surface area contributed by atoms with E-state index in [1.54, 1.807) is 43.3 Å². The normalized spacial score (nSPS) is 11.9. The lowest BCUT2D eigenvalue weighted by atomic mass is 10.0. The predicted octanol–water partition coefficient (Wildman–Crippen LogP) is 4.94. The fourth-order valence-corrected chi connectivity index (χ4v) is 5.95. The maximum Gasteiger partial charge on any atom is 0.264 e. The van der Waals surface area contributed by atoms with Crippen LogP contribution in [0.25, 0.3) is 0 Å². The quantitative estimate of drug-likeness (QED) is 0.253. The second-order valence-corrected chi connectivity index (χ2v) is 11.4. The highest BCUT2D eigenvalue weighted by Crippen LogP contribution is 2.25. The van der Waals surface area contributed by atoms with Crippen LogP contribution < -0.4 is 9.62 Å². The third kappa shape index (κ3) is 7.38. The molecule has 0 aliphatic carbocycles. The summed E-state index contributed by atoms with van der Waals surface area (Å²) in [5.74, 6) is -2.36. The molecule has 2 amide bonds. The van der Waals surface area contributed by atoms with Crippen LogP contribution in [0.5, 0.6) is 0 Å². The van der Waals surface area contributed by atoms with Gasteiger partial charge in [0.1, 0.15) is 24.2 Å². The van der Waals surface area contributed by atoms with Crippen LogP contribution in [0.4, 0.5) is 14.5 Å². The van der Waals surface area contributed by atoms with Crippen molar-refractivity contribution in [2.45, 2.75) is 30.8 Å². The summed E-state index contributed by atoms with van der Waals surface area (Å²) in [7, 11) is -4.30. The molecule has 0 aliphatic rings. The molecule has 4 aromatic rings. The van der Waals surface area contributed by atoms with E-state index in [4.69, 9.17) is 0 Å². The maximum absolute atomic E-state index is 14.8. The van der Waals surface area contributed by atoms with Crippen LogP contribution in [0.15, 0.2) is 114 Å². The Balaban J connectivity index is 1.79. The number of carbonyl (C=O) groups excluding carboxylic acids is 2. The molecule has 0 bridgehead atoms. The van der Waals surface area contributed by atoms with Crippen LogP contribution in [-0.2, 0) is 32.6 Å². The molecular weight excluding hydrogens is 560 g/mol. The Morgan fingerprint density at radius 3 is 2.02 bits per heavy atom. The molecule has 1 N–H and O–H groups in total. The Morgan fingerprint density at radius 2 is 1.40 bits per heavy atom. The van der Waals surface area contributed by atoms with E-state index >= 15 is 0 Å². The van der Waals surface area contributed by atoms with E-state index in [9.17, 15) is 26.8 Å². The van der Waals surface area contributed by atoms with Gasteiger partial charge in [0, 0.05) is 25.1 Å². The van der Waals surface area contributed by atoms with Gasteiger partial charge < -0.3 is 10.2 Å². The van der Waals surface area contributed by atoms with Gasteiger partial charge in [0.25, 0.3) is 10.0 Å². The monoisotopic (exact) mass is 591 g/mol. The first-order chi connectivity index (χ1) is 20.2. The van der Waals surface area contributed by atoms with Gasteiger partial charge in [-0.05, 0) is 55.0 Å². The van der Waals surface area contributed by atoms with E-state index in [1.165, 1.54) is 47.4 Å². The minimum absolute atomic E-state index is 0.0528. The fraction of sp³-hybridized carbons (Fsp3) is 0.188. The van der Waals surface area contributed by atoms with Gasteiger partial charge in [0.15, 0.2) is 0 Å². The van der Waals surface area contributed by atoms with Gasteiger partial charge in [-0.1, -0.05) is 66.7 Å². The van der Waals surface area contributed by atoms with Gasteiger partial charge in [-0.15, -0.1) is 0 Å². The number of halogens is 2. The van der Waals surface area contributed by atoms with Crippen LogP contribution in [-0.4, -0.2) is 44.3 Å². The summed E-state index contributed by atoms with van der Waals surface area (Å²) in [5.41, 5.74) is 0.969. The van der Waals surface area contributed by atoms with Gasteiger partial charge in [0.05, 0.1) is 10.6 Å². The summed E-state index contributed by atoms with van der Waals surface area (Å²) in [5, 5.41) is 2.75. The molecule has 0 radical (unpaired) electrons. The zero-order valence-corrected chi connectivity index (χ0v) is 23.8. The third-order valence-corrected chi connectivity index (χ3v) is 8.43. The standard InChI is InChI=1S/C32H31F2N3O4S/c1-2-35-32(39)30(21-24-11-5-3-6-12-24)36(22-25-13-9-10-16-29(25)34)31(38)23-37(27-19-17-26(33)18-20-27)42(40,41)28-14-7-4-8-15-28/h3-20,30H,2,21-23H2,1H3,(H,35,39). The molecule has 0 aliphatic heterocycles. The number of anilines is 1. The summed E-state index contributed by atoms with van der Waals surface area (Å²) < 4.78 is 57.1. The first kappa shape index (κ1) is 30.4. The maximum atomic E-state index is 14.8. The highest BCUT2D eigenvalue weighted by molar-refractivity contribution is 7.92. The molecule has 218 valence electrons. The van der Waals surface area contributed by atoms with Crippen molar-refractivity contribution in [3.63, 3.8) is 0 Å². The van der Waals surface area contributed by atoms with Crippen molar-refractivity contribution in [3.8, 4) is 0 Å². The molecule has 0 heterocycles. The summed E-state index contributed by atoms with van der Waals surface area (Å²) in [6.45, 7) is 1.02. The van der Waals surface area contributed by atoms with E-state index in [-0.39, 0.29) is 35.7 Å². The van der Waals surface area contributed by atoms with Crippen molar-refractivity contribution in [2.75, 3.05) is 17.4 Å². The lowest BCUT2D eigenvalue weighted by molar-refractivity contribution is -0.140. The summed E-state index contributed by atoms with van der Waals surface area (Å²) >= 11 is 0. The molecule has 1 unspecified atom stereocenters. The third-order valence-electron chi connectivity index (χ3n) is 6.65. The van der Waals surface area contributed by atoms with Crippen molar-refractivity contribution in [3.05, 3.63) is 132 Å². The minimum atomic E-state index is -4.30. The first-order valence-corrected chi connectivity index (χ1v) is 14.8. The zero-order chi connectivity index (χ0) is 30.1. The highest BCUT2D eigenvalue weighted by Gasteiger charge is 2.34. The number of hydrogen-bond donors (Lipinski definition) is 1. The molecule has 0 saturated heterocycles. The van der Waals surface area contributed by atoms with Crippen LogP contribution in [0.1, 0.15) is 18.1 Å². The molecule has 7 nitrogen and oxygen atoms in total. The molecule has 42 heavy (non-hydrogen) atoms.